The van der Waals surface area contributed by atoms with Gasteiger partial charge in [-0.1, -0.05) is 45.0 Å². The number of carboxylic acid groups (broad SMARTS) is 1. The predicted molar refractivity (Wildman–Crippen MR) is 87.3 cm³/mol. The summed E-state index contributed by atoms with van der Waals surface area (Å²) in [5.74, 6) is -1.97. The Morgan fingerprint density at radius 1 is 1.43 bits per heavy atom. The summed E-state index contributed by atoms with van der Waals surface area (Å²) in [6.07, 6.45) is 2.67. The number of oxime groups is 1. The normalized spacial score (nSPS) is 24.5. The van der Waals surface area contributed by atoms with E-state index in [4.69, 9.17) is 4.84 Å². The molecule has 0 saturated carbocycles. The third-order valence-corrected chi connectivity index (χ3v) is 4.50. The molecule has 6 nitrogen and oxygen atoms in total. The lowest BCUT2D eigenvalue weighted by atomic mass is 9.57. The first-order valence-electron chi connectivity index (χ1n) is 7.63. The average Bonchev–Trinajstić information content (AvgIpc) is 2.44. The van der Waals surface area contributed by atoms with Gasteiger partial charge in [0.05, 0.1) is 11.3 Å². The molecule has 0 amide bonds. The van der Waals surface area contributed by atoms with Gasteiger partial charge in [0, 0.05) is 6.42 Å². The first-order chi connectivity index (χ1) is 10.6. The number of hydrogen-bond donors (Lipinski definition) is 2. The molecule has 0 saturated heterocycles. The van der Waals surface area contributed by atoms with E-state index in [9.17, 15) is 19.8 Å². The number of Topliss-reactive ketones (excluding diaryl/α,β-unsaturated/α-hetero) is 1. The predicted octanol–water partition coefficient (Wildman–Crippen LogP) is 3.25. The molecule has 0 heterocycles. The van der Waals surface area contributed by atoms with Gasteiger partial charge >= 0.3 is 5.97 Å². The lowest BCUT2D eigenvalue weighted by molar-refractivity contribution is -0.161. The zero-order valence-corrected chi connectivity index (χ0v) is 14.2. The van der Waals surface area contributed by atoms with Crippen molar-refractivity contribution in [3.63, 3.8) is 0 Å². The van der Waals surface area contributed by atoms with Crippen molar-refractivity contribution in [2.75, 3.05) is 6.61 Å². The van der Waals surface area contributed by atoms with Gasteiger partial charge in [-0.05, 0) is 18.8 Å². The average molecular weight is 323 g/mol. The first-order valence-corrected chi connectivity index (χ1v) is 7.63. The Labute approximate surface area is 136 Å². The minimum Gasteiger partial charge on any atom is -0.511 e. The maximum absolute atomic E-state index is 12.9. The van der Waals surface area contributed by atoms with Crippen molar-refractivity contribution in [1.82, 2.24) is 0 Å². The highest BCUT2D eigenvalue weighted by atomic mass is 16.6. The van der Waals surface area contributed by atoms with Crippen molar-refractivity contribution < 1.29 is 24.6 Å². The van der Waals surface area contributed by atoms with Gasteiger partial charge < -0.3 is 15.1 Å². The van der Waals surface area contributed by atoms with Crippen LogP contribution in [0.15, 0.2) is 29.1 Å². The highest BCUT2D eigenvalue weighted by Crippen LogP contribution is 2.50. The van der Waals surface area contributed by atoms with Crippen LogP contribution in [0, 0.1) is 10.8 Å². The lowest BCUT2D eigenvalue weighted by Crippen LogP contribution is -2.53. The molecule has 128 valence electrons. The molecule has 0 aromatic carbocycles. The number of aliphatic hydroxyl groups excluding tert-OH is 1. The van der Waals surface area contributed by atoms with E-state index in [2.05, 4.69) is 11.7 Å². The third kappa shape index (κ3) is 3.30. The Morgan fingerprint density at radius 3 is 2.52 bits per heavy atom. The van der Waals surface area contributed by atoms with Crippen LogP contribution in [-0.4, -0.2) is 34.3 Å². The molecule has 23 heavy (non-hydrogen) atoms. The van der Waals surface area contributed by atoms with E-state index < -0.39 is 22.6 Å². The molecule has 0 fully saturated rings. The minimum atomic E-state index is -1.64. The molecule has 1 rings (SSSR count). The second-order valence-electron chi connectivity index (χ2n) is 6.51. The molecule has 0 bridgehead atoms. The monoisotopic (exact) mass is 323 g/mol. The van der Waals surface area contributed by atoms with Crippen LogP contribution < -0.4 is 0 Å². The highest BCUT2D eigenvalue weighted by Gasteiger charge is 2.58. The van der Waals surface area contributed by atoms with Crippen LogP contribution >= 0.6 is 0 Å². The first kappa shape index (κ1) is 18.9. The number of rotatable bonds is 7. The fraction of sp³-hybridized carbons (Fsp3) is 0.588. The van der Waals surface area contributed by atoms with Crippen molar-refractivity contribution in [1.29, 1.82) is 0 Å². The van der Waals surface area contributed by atoms with E-state index >= 15 is 0 Å². The third-order valence-electron chi connectivity index (χ3n) is 4.50. The number of allylic oxidation sites excluding steroid dienone is 2. The molecule has 2 N–H and O–H groups in total. The second-order valence-corrected chi connectivity index (χ2v) is 6.51. The van der Waals surface area contributed by atoms with Crippen LogP contribution in [0.2, 0.25) is 0 Å². The van der Waals surface area contributed by atoms with Crippen LogP contribution in [-0.2, 0) is 14.4 Å². The van der Waals surface area contributed by atoms with Crippen LogP contribution in [0.25, 0.3) is 0 Å². The van der Waals surface area contributed by atoms with Crippen LogP contribution in [0.3, 0.4) is 0 Å². The molecular weight excluding hydrogens is 298 g/mol. The molecule has 1 aliphatic rings. The Kier molecular flexibility index (Phi) is 5.75. The van der Waals surface area contributed by atoms with Gasteiger partial charge in [0.15, 0.2) is 5.78 Å². The van der Waals surface area contributed by atoms with Crippen molar-refractivity contribution in [3.8, 4) is 0 Å². The van der Waals surface area contributed by atoms with Crippen molar-refractivity contribution in [3.05, 3.63) is 24.0 Å². The molecule has 0 radical (unpaired) electrons. The summed E-state index contributed by atoms with van der Waals surface area (Å²) < 4.78 is 0. The van der Waals surface area contributed by atoms with Crippen molar-refractivity contribution in [2.45, 2.75) is 47.0 Å². The Hall–Kier alpha value is -2.11. The van der Waals surface area contributed by atoms with E-state index in [1.54, 1.807) is 13.8 Å². The van der Waals surface area contributed by atoms with Crippen molar-refractivity contribution in [2.24, 2.45) is 16.0 Å². The van der Waals surface area contributed by atoms with Gasteiger partial charge in [0.2, 0.25) is 0 Å². The van der Waals surface area contributed by atoms with E-state index in [1.165, 1.54) is 13.0 Å². The highest BCUT2D eigenvalue weighted by molar-refractivity contribution is 6.28. The Morgan fingerprint density at radius 2 is 2.04 bits per heavy atom. The van der Waals surface area contributed by atoms with Gasteiger partial charge in [-0.25, -0.2) is 0 Å². The Bertz CT molecular complexity index is 574. The van der Waals surface area contributed by atoms with E-state index in [0.717, 1.165) is 0 Å². The van der Waals surface area contributed by atoms with E-state index in [1.807, 2.05) is 6.92 Å². The van der Waals surface area contributed by atoms with Gasteiger partial charge in [0.1, 0.15) is 17.8 Å². The van der Waals surface area contributed by atoms with Gasteiger partial charge in [-0.15, -0.1) is 0 Å². The molecule has 1 aliphatic carbocycles. The molecule has 0 aromatic heterocycles. The smallest absolute Gasteiger partial charge is 0.317 e. The fourth-order valence-electron chi connectivity index (χ4n) is 2.68. The van der Waals surface area contributed by atoms with Gasteiger partial charge in [0.25, 0.3) is 0 Å². The number of aliphatic carboxylic acids is 1. The number of carbonyl (C=O) groups excluding carboxylic acids is 1. The molecule has 1 atom stereocenters. The molecule has 0 spiro atoms. The zero-order chi connectivity index (χ0) is 17.8. The van der Waals surface area contributed by atoms with Crippen LogP contribution in [0.5, 0.6) is 0 Å². The molecule has 0 aromatic rings. The molecule has 1 unspecified atom stereocenters. The number of ketones is 1. The SMILES string of the molecule is C=CCON=C(CCC)C1=C(O)CC(C)(C)C(C)(C(=O)O)C1=O. The second kappa shape index (κ2) is 6.98. The number of nitrogens with zero attached hydrogens (tertiary/aromatic N) is 1. The maximum Gasteiger partial charge on any atom is 0.317 e. The largest absolute Gasteiger partial charge is 0.511 e. The standard InChI is InChI=1S/C17H25NO5/c1-6-8-11(18-23-9-7-2)13-12(19)10-16(3,4)17(5,14(13)20)15(21)22/h7,19H,2,6,8-10H2,1,3-5H3,(H,21,22). The summed E-state index contributed by atoms with van der Waals surface area (Å²) >= 11 is 0. The number of carbonyl (C=O) groups is 2. The summed E-state index contributed by atoms with van der Waals surface area (Å²) in [6, 6.07) is 0. The number of hydrogen-bond acceptors (Lipinski definition) is 5. The maximum atomic E-state index is 12.9. The van der Waals surface area contributed by atoms with Gasteiger partial charge in [-0.3, -0.25) is 9.59 Å². The van der Waals surface area contributed by atoms with Crippen LogP contribution in [0.1, 0.15) is 47.0 Å². The minimum absolute atomic E-state index is 0.0277. The molecule has 6 heteroatoms. The van der Waals surface area contributed by atoms with E-state index in [0.29, 0.717) is 12.8 Å². The fourth-order valence-corrected chi connectivity index (χ4v) is 2.68. The summed E-state index contributed by atoms with van der Waals surface area (Å²) in [7, 11) is 0. The van der Waals surface area contributed by atoms with Gasteiger partial charge in [-0.2, -0.15) is 0 Å². The number of carboxylic acids is 1. The number of aliphatic hydroxyl groups is 1. The molecule has 0 aliphatic heterocycles. The lowest BCUT2D eigenvalue weighted by Gasteiger charge is -2.43. The van der Waals surface area contributed by atoms with Crippen molar-refractivity contribution >= 4 is 17.5 Å². The Balaban J connectivity index is 3.42. The molecular formula is C17H25NO5. The van der Waals surface area contributed by atoms with E-state index in [-0.39, 0.29) is 30.1 Å². The van der Waals surface area contributed by atoms with Crippen LogP contribution in [0.4, 0.5) is 0 Å². The quantitative estimate of drug-likeness (QED) is 0.246. The summed E-state index contributed by atoms with van der Waals surface area (Å²) in [5, 5.41) is 23.9. The zero-order valence-electron chi connectivity index (χ0n) is 14.2. The summed E-state index contributed by atoms with van der Waals surface area (Å²) in [5.41, 5.74) is -2.30. The summed E-state index contributed by atoms with van der Waals surface area (Å²) in [4.78, 5) is 29.7. The summed E-state index contributed by atoms with van der Waals surface area (Å²) in [6.45, 7) is 10.3. The topological polar surface area (TPSA) is 96.2 Å².